The quantitative estimate of drug-likeness (QED) is 0.765. The van der Waals surface area contributed by atoms with Gasteiger partial charge in [0.15, 0.2) is 0 Å². The zero-order chi connectivity index (χ0) is 11.8. The van der Waals surface area contributed by atoms with Gasteiger partial charge in [0.1, 0.15) is 0 Å². The number of hydrogen-bond donors (Lipinski definition) is 0. The lowest BCUT2D eigenvalue weighted by molar-refractivity contribution is 0.609. The van der Waals surface area contributed by atoms with E-state index in [1.807, 2.05) is 0 Å². The Morgan fingerprint density at radius 3 is 2.69 bits per heavy atom. The summed E-state index contributed by atoms with van der Waals surface area (Å²) in [6.45, 7) is 1.80. The van der Waals surface area contributed by atoms with Crippen molar-refractivity contribution in [3.63, 3.8) is 0 Å². The van der Waals surface area contributed by atoms with Crippen LogP contribution in [0.4, 0.5) is 0 Å². The summed E-state index contributed by atoms with van der Waals surface area (Å²) in [4.78, 5) is 1.38. The van der Waals surface area contributed by atoms with Crippen LogP contribution in [0.25, 0.3) is 5.69 Å². The van der Waals surface area contributed by atoms with Crippen molar-refractivity contribution in [1.82, 2.24) is 15.0 Å². The van der Waals surface area contributed by atoms with Crippen molar-refractivity contribution in [2.45, 2.75) is 11.8 Å². The standard InChI is InChI=1S/C9H8ClN3O2S/c1-7-6-11-13(12-7)8-3-2-4-9(5-8)16(10,14)15/h2-6H,1H3. The van der Waals surface area contributed by atoms with Crippen molar-refractivity contribution in [1.29, 1.82) is 0 Å². The van der Waals surface area contributed by atoms with Gasteiger partial charge in [0.05, 0.1) is 22.5 Å². The average molecular weight is 258 g/mol. The summed E-state index contributed by atoms with van der Waals surface area (Å²) < 4.78 is 22.3. The van der Waals surface area contributed by atoms with Gasteiger partial charge in [0.25, 0.3) is 9.05 Å². The summed E-state index contributed by atoms with van der Waals surface area (Å²) in [5.41, 5.74) is 1.30. The third kappa shape index (κ3) is 2.23. The molecule has 1 aromatic heterocycles. The van der Waals surface area contributed by atoms with E-state index in [9.17, 15) is 8.42 Å². The van der Waals surface area contributed by atoms with E-state index in [1.54, 1.807) is 25.3 Å². The molecule has 0 N–H and O–H groups in total. The van der Waals surface area contributed by atoms with Gasteiger partial charge < -0.3 is 0 Å². The van der Waals surface area contributed by atoms with Crippen molar-refractivity contribution in [3.8, 4) is 5.69 Å². The van der Waals surface area contributed by atoms with E-state index in [0.717, 1.165) is 5.69 Å². The third-order valence-electron chi connectivity index (χ3n) is 1.94. The Morgan fingerprint density at radius 1 is 1.38 bits per heavy atom. The molecular weight excluding hydrogens is 250 g/mol. The van der Waals surface area contributed by atoms with Gasteiger partial charge in [-0.15, -0.1) is 0 Å². The third-order valence-corrected chi connectivity index (χ3v) is 3.29. The van der Waals surface area contributed by atoms with Crippen LogP contribution in [0.5, 0.6) is 0 Å². The number of hydrogen-bond acceptors (Lipinski definition) is 4. The van der Waals surface area contributed by atoms with E-state index < -0.39 is 9.05 Å². The van der Waals surface area contributed by atoms with Crippen molar-refractivity contribution < 1.29 is 8.42 Å². The molecule has 0 aliphatic carbocycles. The zero-order valence-electron chi connectivity index (χ0n) is 8.33. The first kappa shape index (κ1) is 11.1. The smallest absolute Gasteiger partial charge is 0.207 e. The van der Waals surface area contributed by atoms with Gasteiger partial charge in [0.2, 0.25) is 0 Å². The molecule has 2 aromatic rings. The molecule has 0 radical (unpaired) electrons. The molecule has 0 unspecified atom stereocenters. The fourth-order valence-electron chi connectivity index (χ4n) is 1.22. The van der Waals surface area contributed by atoms with Crippen LogP contribution in [0, 0.1) is 6.92 Å². The van der Waals surface area contributed by atoms with Crippen LogP contribution >= 0.6 is 10.7 Å². The van der Waals surface area contributed by atoms with Gasteiger partial charge in [0, 0.05) is 10.7 Å². The molecule has 1 aromatic carbocycles. The number of halogens is 1. The summed E-state index contributed by atoms with van der Waals surface area (Å²) in [5, 5.41) is 8.05. The SMILES string of the molecule is Cc1cnn(-c2cccc(S(=O)(=O)Cl)c2)n1. The number of rotatable bonds is 2. The van der Waals surface area contributed by atoms with Crippen molar-refractivity contribution >= 4 is 19.7 Å². The minimum Gasteiger partial charge on any atom is -0.207 e. The lowest BCUT2D eigenvalue weighted by Crippen LogP contribution is -2.00. The van der Waals surface area contributed by atoms with Gasteiger partial charge >= 0.3 is 0 Å². The highest BCUT2D eigenvalue weighted by molar-refractivity contribution is 8.13. The van der Waals surface area contributed by atoms with Crippen LogP contribution in [0.1, 0.15) is 5.69 Å². The first-order valence-electron chi connectivity index (χ1n) is 4.41. The number of nitrogens with zero attached hydrogens (tertiary/aromatic N) is 3. The average Bonchev–Trinajstić information content (AvgIpc) is 2.64. The molecular formula is C9H8ClN3O2S. The van der Waals surface area contributed by atoms with E-state index in [0.29, 0.717) is 5.69 Å². The fourth-order valence-corrected chi connectivity index (χ4v) is 2.01. The minimum absolute atomic E-state index is 0.0293. The predicted molar refractivity (Wildman–Crippen MR) is 59.1 cm³/mol. The molecule has 0 atom stereocenters. The van der Waals surface area contributed by atoms with Crippen LogP contribution in [-0.4, -0.2) is 23.4 Å². The first-order valence-corrected chi connectivity index (χ1v) is 6.72. The Morgan fingerprint density at radius 2 is 2.12 bits per heavy atom. The second kappa shape index (κ2) is 3.88. The van der Waals surface area contributed by atoms with Crippen LogP contribution < -0.4 is 0 Å². The first-order chi connectivity index (χ1) is 7.47. The molecule has 0 amide bonds. The van der Waals surface area contributed by atoms with Crippen LogP contribution in [0.2, 0.25) is 0 Å². The largest absolute Gasteiger partial charge is 0.261 e. The number of aryl methyl sites for hydroxylation is 1. The van der Waals surface area contributed by atoms with Crippen molar-refractivity contribution in [3.05, 3.63) is 36.2 Å². The molecule has 2 rings (SSSR count). The zero-order valence-corrected chi connectivity index (χ0v) is 9.90. The molecule has 1 heterocycles. The molecule has 0 saturated heterocycles. The lowest BCUT2D eigenvalue weighted by atomic mass is 10.3. The van der Waals surface area contributed by atoms with E-state index in [-0.39, 0.29) is 4.90 Å². The minimum atomic E-state index is -3.72. The second-order valence-corrected chi connectivity index (χ2v) is 5.78. The molecule has 0 aliphatic heterocycles. The molecule has 16 heavy (non-hydrogen) atoms. The Labute approximate surface area is 97.1 Å². The number of benzene rings is 1. The molecule has 84 valence electrons. The van der Waals surface area contributed by atoms with E-state index >= 15 is 0 Å². The highest BCUT2D eigenvalue weighted by atomic mass is 35.7. The predicted octanol–water partition coefficient (Wildman–Crippen LogP) is 1.50. The fraction of sp³-hybridized carbons (Fsp3) is 0.111. The lowest BCUT2D eigenvalue weighted by Gasteiger charge is -2.01. The normalized spacial score (nSPS) is 11.6. The number of aromatic nitrogens is 3. The maximum absolute atomic E-state index is 11.1. The summed E-state index contributed by atoms with van der Waals surface area (Å²) in [6, 6.07) is 6.12. The van der Waals surface area contributed by atoms with E-state index in [4.69, 9.17) is 10.7 Å². The van der Waals surface area contributed by atoms with Gasteiger partial charge in [-0.1, -0.05) is 6.07 Å². The Balaban J connectivity index is 2.52. The molecule has 7 heteroatoms. The molecule has 5 nitrogen and oxygen atoms in total. The molecule has 0 aliphatic rings. The van der Waals surface area contributed by atoms with E-state index in [1.165, 1.54) is 16.9 Å². The van der Waals surface area contributed by atoms with Gasteiger partial charge in [-0.05, 0) is 25.1 Å². The van der Waals surface area contributed by atoms with Gasteiger partial charge in [-0.25, -0.2) is 8.42 Å². The van der Waals surface area contributed by atoms with Crippen LogP contribution in [-0.2, 0) is 9.05 Å². The maximum atomic E-state index is 11.1. The van der Waals surface area contributed by atoms with Crippen molar-refractivity contribution in [2.24, 2.45) is 0 Å². The molecule has 0 bridgehead atoms. The van der Waals surface area contributed by atoms with Gasteiger partial charge in [-0.3, -0.25) is 0 Å². The summed E-state index contributed by atoms with van der Waals surface area (Å²) in [6.07, 6.45) is 1.59. The van der Waals surface area contributed by atoms with E-state index in [2.05, 4.69) is 10.2 Å². The molecule has 0 saturated carbocycles. The van der Waals surface area contributed by atoms with Crippen LogP contribution in [0.3, 0.4) is 0 Å². The van der Waals surface area contributed by atoms with Crippen LogP contribution in [0.15, 0.2) is 35.4 Å². The Bertz CT molecular complexity index is 621. The topological polar surface area (TPSA) is 64.8 Å². The van der Waals surface area contributed by atoms with Crippen molar-refractivity contribution in [2.75, 3.05) is 0 Å². The maximum Gasteiger partial charge on any atom is 0.261 e. The Kier molecular flexibility index (Phi) is 2.69. The highest BCUT2D eigenvalue weighted by Gasteiger charge is 2.11. The summed E-state index contributed by atoms with van der Waals surface area (Å²) >= 11 is 0. The summed E-state index contributed by atoms with van der Waals surface area (Å²) in [7, 11) is 1.52. The summed E-state index contributed by atoms with van der Waals surface area (Å²) in [5.74, 6) is 0. The molecule has 0 spiro atoms. The highest BCUT2D eigenvalue weighted by Crippen LogP contribution is 2.17. The molecule has 0 fully saturated rings. The van der Waals surface area contributed by atoms with Gasteiger partial charge in [-0.2, -0.15) is 15.0 Å². The Hall–Kier alpha value is -1.40. The second-order valence-electron chi connectivity index (χ2n) is 3.21. The monoisotopic (exact) mass is 257 g/mol.